The molecule has 0 unspecified atom stereocenters. The lowest BCUT2D eigenvalue weighted by Crippen LogP contribution is -2.28. The highest BCUT2D eigenvalue weighted by Crippen LogP contribution is 2.32. The maximum absolute atomic E-state index is 12.0. The second-order valence-corrected chi connectivity index (χ2v) is 6.28. The summed E-state index contributed by atoms with van der Waals surface area (Å²) >= 11 is 1.41. The minimum Gasteiger partial charge on any atom is -0.507 e. The second kappa shape index (κ2) is 6.35. The van der Waals surface area contributed by atoms with E-state index < -0.39 is 0 Å². The van der Waals surface area contributed by atoms with Crippen LogP contribution in [0.4, 0.5) is 0 Å². The lowest BCUT2D eigenvalue weighted by atomic mass is 10.2. The minimum absolute atomic E-state index is 0.182. The van der Waals surface area contributed by atoms with Crippen LogP contribution < -0.4 is 0 Å². The van der Waals surface area contributed by atoms with E-state index in [1.54, 1.807) is 24.3 Å². The highest BCUT2D eigenvalue weighted by molar-refractivity contribution is 8.18. The van der Waals surface area contributed by atoms with Gasteiger partial charge in [-0.25, -0.2) is 0 Å². The van der Waals surface area contributed by atoms with Crippen LogP contribution in [0.15, 0.2) is 34.2 Å². The molecule has 3 rings (SSSR count). The first kappa shape index (κ1) is 14.2. The quantitative estimate of drug-likeness (QED) is 0.809. The third-order valence-corrected chi connectivity index (χ3v) is 4.75. The van der Waals surface area contributed by atoms with Gasteiger partial charge in [-0.2, -0.15) is 4.99 Å². The zero-order valence-corrected chi connectivity index (χ0v) is 12.6. The van der Waals surface area contributed by atoms with E-state index in [1.807, 2.05) is 6.07 Å². The molecule has 0 aliphatic carbocycles. The molecule has 4 nitrogen and oxygen atoms in total. The number of likely N-dealkylation sites (tertiary alicyclic amines) is 1. The van der Waals surface area contributed by atoms with Crippen LogP contribution >= 0.6 is 11.8 Å². The summed E-state index contributed by atoms with van der Waals surface area (Å²) in [5.74, 6) is -0.0240. The largest absolute Gasteiger partial charge is 0.507 e. The lowest BCUT2D eigenvalue weighted by Gasteiger charge is -2.20. The van der Waals surface area contributed by atoms with Crippen LogP contribution in [-0.4, -0.2) is 34.2 Å². The summed E-state index contributed by atoms with van der Waals surface area (Å²) in [5, 5.41) is 10.6. The lowest BCUT2D eigenvalue weighted by molar-refractivity contribution is -0.113. The standard InChI is InChI=1S/C16H18N2O2S/c19-13-8-4-3-7-12(13)11-14-15(20)17-16(21-14)18-9-5-1-2-6-10-18/h3-4,7-8,11,19H,1-2,5-6,9-10H2/b14-11+. The van der Waals surface area contributed by atoms with E-state index in [4.69, 9.17) is 0 Å². The smallest absolute Gasteiger partial charge is 0.286 e. The molecule has 2 aliphatic heterocycles. The molecule has 0 atom stereocenters. The van der Waals surface area contributed by atoms with Crippen LogP contribution in [0.25, 0.3) is 6.08 Å². The monoisotopic (exact) mass is 302 g/mol. The fourth-order valence-corrected chi connectivity index (χ4v) is 3.50. The van der Waals surface area contributed by atoms with E-state index in [2.05, 4.69) is 9.89 Å². The van der Waals surface area contributed by atoms with E-state index in [-0.39, 0.29) is 11.7 Å². The maximum atomic E-state index is 12.0. The predicted molar refractivity (Wildman–Crippen MR) is 86.2 cm³/mol. The van der Waals surface area contributed by atoms with Gasteiger partial charge < -0.3 is 10.0 Å². The molecule has 1 aromatic carbocycles. The molecule has 0 bridgehead atoms. The van der Waals surface area contributed by atoms with Gasteiger partial charge in [0.1, 0.15) is 5.75 Å². The molecule has 0 spiro atoms. The Hall–Kier alpha value is -1.75. The van der Waals surface area contributed by atoms with Crippen molar-refractivity contribution in [1.29, 1.82) is 0 Å². The maximum Gasteiger partial charge on any atom is 0.286 e. The molecule has 1 saturated heterocycles. The number of nitrogens with zero attached hydrogens (tertiary/aromatic N) is 2. The first-order valence-corrected chi connectivity index (χ1v) is 8.11. The molecule has 1 fully saturated rings. The predicted octanol–water partition coefficient (Wildman–Crippen LogP) is 3.24. The molecular formula is C16H18N2O2S. The average molecular weight is 302 g/mol. The van der Waals surface area contributed by atoms with Crippen LogP contribution in [0.5, 0.6) is 5.75 Å². The Bertz CT molecular complexity index is 602. The molecule has 1 N–H and O–H groups in total. The summed E-state index contributed by atoms with van der Waals surface area (Å²) < 4.78 is 0. The summed E-state index contributed by atoms with van der Waals surface area (Å²) in [5.41, 5.74) is 0.653. The fourth-order valence-electron chi connectivity index (χ4n) is 2.55. The number of rotatable bonds is 1. The van der Waals surface area contributed by atoms with Gasteiger partial charge in [0.25, 0.3) is 5.91 Å². The molecule has 21 heavy (non-hydrogen) atoms. The first-order chi connectivity index (χ1) is 10.2. The molecule has 110 valence electrons. The van der Waals surface area contributed by atoms with Crippen molar-refractivity contribution < 1.29 is 9.90 Å². The Kier molecular flexibility index (Phi) is 4.29. The van der Waals surface area contributed by atoms with Crippen molar-refractivity contribution in [3.8, 4) is 5.75 Å². The Morgan fingerprint density at radius 1 is 1.14 bits per heavy atom. The number of amidine groups is 1. The van der Waals surface area contributed by atoms with Crippen molar-refractivity contribution in [2.75, 3.05) is 13.1 Å². The van der Waals surface area contributed by atoms with Crippen molar-refractivity contribution in [2.45, 2.75) is 25.7 Å². The summed E-state index contributed by atoms with van der Waals surface area (Å²) in [6.07, 6.45) is 6.54. The van der Waals surface area contributed by atoms with Gasteiger partial charge in [-0.3, -0.25) is 4.79 Å². The van der Waals surface area contributed by atoms with Gasteiger partial charge in [-0.1, -0.05) is 31.0 Å². The highest BCUT2D eigenvalue weighted by Gasteiger charge is 2.26. The molecule has 2 heterocycles. The SMILES string of the molecule is O=C1N=C(N2CCCCCC2)S/C1=C/c1ccccc1O. The van der Waals surface area contributed by atoms with E-state index >= 15 is 0 Å². The van der Waals surface area contributed by atoms with Crippen molar-refractivity contribution in [3.63, 3.8) is 0 Å². The van der Waals surface area contributed by atoms with Crippen LogP contribution in [-0.2, 0) is 4.79 Å². The van der Waals surface area contributed by atoms with Crippen LogP contribution in [0.2, 0.25) is 0 Å². The van der Waals surface area contributed by atoms with Gasteiger partial charge >= 0.3 is 0 Å². The van der Waals surface area contributed by atoms with Crippen LogP contribution in [0, 0.1) is 0 Å². The molecule has 1 amide bonds. The molecule has 0 saturated carbocycles. The Balaban J connectivity index is 1.77. The molecule has 0 radical (unpaired) electrons. The molecule has 1 aromatic rings. The summed E-state index contributed by atoms with van der Waals surface area (Å²) in [6, 6.07) is 7.01. The van der Waals surface area contributed by atoms with Gasteiger partial charge in [0, 0.05) is 18.7 Å². The van der Waals surface area contributed by atoms with Crippen LogP contribution in [0.3, 0.4) is 0 Å². The van der Waals surface area contributed by atoms with Crippen molar-refractivity contribution >= 4 is 28.9 Å². The van der Waals surface area contributed by atoms with E-state index in [1.165, 1.54) is 24.6 Å². The summed E-state index contributed by atoms with van der Waals surface area (Å²) in [4.78, 5) is 19.0. The molecule has 2 aliphatic rings. The molecule has 5 heteroatoms. The number of carbonyl (C=O) groups excluding carboxylic acids is 1. The molecular weight excluding hydrogens is 284 g/mol. The Morgan fingerprint density at radius 3 is 2.57 bits per heavy atom. The Morgan fingerprint density at radius 2 is 1.86 bits per heavy atom. The molecule has 0 aromatic heterocycles. The van der Waals surface area contributed by atoms with Gasteiger partial charge in [0.2, 0.25) is 0 Å². The van der Waals surface area contributed by atoms with Crippen molar-refractivity contribution in [3.05, 3.63) is 34.7 Å². The number of amides is 1. The third-order valence-electron chi connectivity index (χ3n) is 3.71. The zero-order chi connectivity index (χ0) is 14.7. The van der Waals surface area contributed by atoms with E-state index in [0.717, 1.165) is 31.1 Å². The number of phenols is 1. The van der Waals surface area contributed by atoms with Crippen molar-refractivity contribution in [1.82, 2.24) is 4.90 Å². The number of thioether (sulfide) groups is 1. The van der Waals surface area contributed by atoms with Gasteiger partial charge in [-0.05, 0) is 36.7 Å². The number of phenolic OH excluding ortho intramolecular Hbond substituents is 1. The normalized spacial score (nSPS) is 21.5. The average Bonchev–Trinajstić information content (AvgIpc) is 2.69. The van der Waals surface area contributed by atoms with Crippen molar-refractivity contribution in [2.24, 2.45) is 4.99 Å². The topological polar surface area (TPSA) is 52.9 Å². The highest BCUT2D eigenvalue weighted by atomic mass is 32.2. The third kappa shape index (κ3) is 3.29. The second-order valence-electron chi connectivity index (χ2n) is 5.27. The van der Waals surface area contributed by atoms with E-state index in [9.17, 15) is 9.90 Å². The summed E-state index contributed by atoms with van der Waals surface area (Å²) in [7, 11) is 0. The van der Waals surface area contributed by atoms with E-state index in [0.29, 0.717) is 10.5 Å². The van der Waals surface area contributed by atoms with Crippen LogP contribution in [0.1, 0.15) is 31.2 Å². The number of hydrogen-bond donors (Lipinski definition) is 1. The van der Waals surface area contributed by atoms with Gasteiger partial charge in [-0.15, -0.1) is 0 Å². The number of aromatic hydroxyl groups is 1. The van der Waals surface area contributed by atoms with Gasteiger partial charge in [0.15, 0.2) is 5.17 Å². The number of aliphatic imine (C=N–C) groups is 1. The first-order valence-electron chi connectivity index (χ1n) is 7.29. The summed E-state index contributed by atoms with van der Waals surface area (Å²) in [6.45, 7) is 1.95. The number of hydrogen-bond acceptors (Lipinski definition) is 4. The minimum atomic E-state index is -0.206. The number of para-hydroxylation sites is 1. The number of benzene rings is 1. The fraction of sp³-hybridized carbons (Fsp3) is 0.375. The Labute approximate surface area is 128 Å². The zero-order valence-electron chi connectivity index (χ0n) is 11.8. The number of carbonyl (C=O) groups is 1. The van der Waals surface area contributed by atoms with Gasteiger partial charge in [0.05, 0.1) is 4.91 Å².